The molecule has 0 saturated heterocycles. The van der Waals surface area contributed by atoms with Gasteiger partial charge in [-0.3, -0.25) is 20.4 Å². The topological polar surface area (TPSA) is 111 Å². The summed E-state index contributed by atoms with van der Waals surface area (Å²) in [6.07, 6.45) is 2.96. The van der Waals surface area contributed by atoms with E-state index in [0.29, 0.717) is 40.9 Å². The van der Waals surface area contributed by atoms with Crippen LogP contribution in [0.5, 0.6) is 11.5 Å². The first-order valence-electron chi connectivity index (χ1n) is 12.2. The minimum absolute atomic E-state index is 0.258. The maximum absolute atomic E-state index is 13.0. The third kappa shape index (κ3) is 7.04. The number of esters is 1. The van der Waals surface area contributed by atoms with Gasteiger partial charge in [-0.05, 0) is 36.2 Å². The van der Waals surface area contributed by atoms with Crippen LogP contribution in [-0.2, 0) is 27.2 Å². The average Bonchev–Trinajstić information content (AvgIpc) is 3.37. The van der Waals surface area contributed by atoms with E-state index < -0.39 is 12.6 Å². The molecule has 212 valence electrons. The van der Waals surface area contributed by atoms with Gasteiger partial charge in [-0.25, -0.2) is 14.4 Å². The Labute approximate surface area is 244 Å². The van der Waals surface area contributed by atoms with Crippen molar-refractivity contribution in [2.45, 2.75) is 29.8 Å². The van der Waals surface area contributed by atoms with Crippen LogP contribution < -0.4 is 20.3 Å². The maximum atomic E-state index is 13.0. The number of ether oxygens (including phenoxy) is 3. The summed E-state index contributed by atoms with van der Waals surface area (Å²) in [4.78, 5) is 33.7. The first-order valence-corrected chi connectivity index (χ1v) is 14.4. The van der Waals surface area contributed by atoms with Crippen LogP contribution in [0.3, 0.4) is 0 Å². The fraction of sp³-hybridized carbons (Fsp3) is 0.333. The summed E-state index contributed by atoms with van der Waals surface area (Å²) >= 11 is 9.48. The minimum atomic E-state index is -1.18. The van der Waals surface area contributed by atoms with Gasteiger partial charge in [0.05, 0.1) is 48.9 Å². The second kappa shape index (κ2) is 13.8. The Hall–Kier alpha value is -3.35. The lowest BCUT2D eigenvalue weighted by atomic mass is 10.0. The standard InChI is InChI=1S/C27H28ClFN4O5S2/c1-36-20-6-4-5-17(25(20)38-3)26-18-11-15(28)7-9-19(18)31-27(33-32-22(34)13-29)21(40-26)12-23-30-14-16(39-23)8-10-24(35)37-2/h4-7,9,11,14,21,26H,8,10,12-13H2,1-3H3,(H,31,33)(H,32,34)/t21-,26-/m0/s1. The molecule has 1 aliphatic rings. The highest BCUT2D eigenvalue weighted by atomic mass is 35.5. The highest BCUT2D eigenvalue weighted by Gasteiger charge is 2.33. The normalized spacial score (nSPS) is 16.3. The van der Waals surface area contributed by atoms with E-state index >= 15 is 0 Å². The third-order valence-electron chi connectivity index (χ3n) is 6.05. The molecular weight excluding hydrogens is 579 g/mol. The van der Waals surface area contributed by atoms with Crippen molar-refractivity contribution in [1.82, 2.24) is 15.8 Å². The Morgan fingerprint density at radius 2 is 1.95 bits per heavy atom. The number of benzene rings is 2. The van der Waals surface area contributed by atoms with E-state index in [1.54, 1.807) is 44.3 Å². The number of fused-ring (bicyclic) bond motifs is 1. The van der Waals surface area contributed by atoms with Crippen molar-refractivity contribution in [3.8, 4) is 11.5 Å². The molecule has 1 amide bonds. The summed E-state index contributed by atoms with van der Waals surface area (Å²) < 4.78 is 29.0. The zero-order chi connectivity index (χ0) is 28.6. The molecule has 40 heavy (non-hydrogen) atoms. The molecule has 0 fully saturated rings. The van der Waals surface area contributed by atoms with E-state index in [2.05, 4.69) is 15.8 Å². The average molecular weight is 607 g/mol. The number of aryl methyl sites for hydroxylation is 1. The summed E-state index contributed by atoms with van der Waals surface area (Å²) in [5, 5.41) is 0.688. The number of methoxy groups -OCH3 is 3. The van der Waals surface area contributed by atoms with Gasteiger partial charge in [0.15, 0.2) is 18.2 Å². The van der Waals surface area contributed by atoms with Gasteiger partial charge < -0.3 is 14.2 Å². The van der Waals surface area contributed by atoms with E-state index in [-0.39, 0.29) is 22.9 Å². The van der Waals surface area contributed by atoms with Gasteiger partial charge in [0.25, 0.3) is 5.91 Å². The van der Waals surface area contributed by atoms with Gasteiger partial charge in [-0.15, -0.1) is 23.1 Å². The van der Waals surface area contributed by atoms with Crippen LogP contribution in [0.4, 0.5) is 10.1 Å². The van der Waals surface area contributed by atoms with E-state index in [9.17, 15) is 14.0 Å². The van der Waals surface area contributed by atoms with Crippen molar-refractivity contribution in [3.63, 3.8) is 0 Å². The minimum Gasteiger partial charge on any atom is -0.493 e. The number of amides is 1. The lowest BCUT2D eigenvalue weighted by Crippen LogP contribution is -2.46. The van der Waals surface area contributed by atoms with Crippen LogP contribution in [0.2, 0.25) is 5.02 Å². The monoisotopic (exact) mass is 606 g/mol. The van der Waals surface area contributed by atoms with Crippen LogP contribution in [-0.4, -0.2) is 56.0 Å². The van der Waals surface area contributed by atoms with Gasteiger partial charge in [-0.1, -0.05) is 23.7 Å². The number of carbonyl (C=O) groups is 2. The Bertz CT molecular complexity index is 1400. The number of hydrogen-bond acceptors (Lipinski definition) is 10. The number of alkyl halides is 1. The number of thioether (sulfide) groups is 1. The van der Waals surface area contributed by atoms with Crippen LogP contribution in [0.1, 0.15) is 32.7 Å². The third-order valence-corrected chi connectivity index (χ3v) is 8.86. The van der Waals surface area contributed by atoms with Crippen molar-refractivity contribution in [1.29, 1.82) is 0 Å². The second-order valence-corrected chi connectivity index (χ2v) is 11.5. The maximum Gasteiger partial charge on any atom is 0.305 e. The number of halogens is 2. The van der Waals surface area contributed by atoms with Crippen molar-refractivity contribution in [3.05, 3.63) is 68.6 Å². The van der Waals surface area contributed by atoms with Crippen LogP contribution in [0.25, 0.3) is 0 Å². The molecule has 9 nitrogen and oxygen atoms in total. The molecule has 0 bridgehead atoms. The smallest absolute Gasteiger partial charge is 0.305 e. The molecule has 4 rings (SSSR count). The van der Waals surface area contributed by atoms with E-state index in [1.807, 2.05) is 24.3 Å². The molecule has 3 aromatic rings. The first-order chi connectivity index (χ1) is 19.4. The summed E-state index contributed by atoms with van der Waals surface area (Å²) in [6, 6.07) is 11.1. The van der Waals surface area contributed by atoms with Crippen molar-refractivity contribution < 1.29 is 28.2 Å². The predicted molar refractivity (Wildman–Crippen MR) is 155 cm³/mol. The molecule has 0 aliphatic carbocycles. The van der Waals surface area contributed by atoms with E-state index in [1.165, 1.54) is 18.4 Å². The van der Waals surface area contributed by atoms with Crippen molar-refractivity contribution in [2.24, 2.45) is 4.99 Å². The van der Waals surface area contributed by atoms with Gasteiger partial charge >= 0.3 is 5.97 Å². The second-order valence-electron chi connectivity index (χ2n) is 8.60. The molecule has 1 aliphatic heterocycles. The highest BCUT2D eigenvalue weighted by Crippen LogP contribution is 2.50. The predicted octanol–water partition coefficient (Wildman–Crippen LogP) is 4.99. The number of para-hydroxylation sites is 1. The van der Waals surface area contributed by atoms with Gasteiger partial charge in [0.2, 0.25) is 0 Å². The number of hydrogen-bond donors (Lipinski definition) is 2. The molecule has 0 saturated carbocycles. The lowest BCUT2D eigenvalue weighted by Gasteiger charge is -2.25. The fourth-order valence-corrected chi connectivity index (χ4v) is 6.91. The SMILES string of the molecule is COC(=O)CCc1cnc(C[C@@H]2S[C@@H](c3cccc(OC)c3OC)c3cc(Cl)ccc3N=C2NNC(=O)CF)s1. The lowest BCUT2D eigenvalue weighted by molar-refractivity contribution is -0.140. The number of aliphatic imine (C=N–C) groups is 1. The van der Waals surface area contributed by atoms with Gasteiger partial charge in [-0.2, -0.15) is 0 Å². The Kier molecular flexibility index (Phi) is 10.2. The van der Waals surface area contributed by atoms with Gasteiger partial charge in [0, 0.05) is 28.1 Å². The molecule has 0 radical (unpaired) electrons. The van der Waals surface area contributed by atoms with Crippen molar-refractivity contribution in [2.75, 3.05) is 28.0 Å². The summed E-state index contributed by atoms with van der Waals surface area (Å²) in [5.41, 5.74) is 7.52. The number of rotatable bonds is 9. The van der Waals surface area contributed by atoms with Crippen LogP contribution in [0.15, 0.2) is 47.6 Å². The van der Waals surface area contributed by atoms with E-state index in [0.717, 1.165) is 21.0 Å². The quantitative estimate of drug-likeness (QED) is 0.259. The van der Waals surface area contributed by atoms with Gasteiger partial charge in [0.1, 0.15) is 5.84 Å². The molecule has 1 aromatic heterocycles. The molecule has 2 N–H and O–H groups in total. The molecular formula is C27H28ClFN4O5S2. The number of hydrazine groups is 1. The number of nitrogens with zero attached hydrogens (tertiary/aromatic N) is 2. The Morgan fingerprint density at radius 1 is 1.12 bits per heavy atom. The molecule has 13 heteroatoms. The summed E-state index contributed by atoms with van der Waals surface area (Å²) in [6.45, 7) is -1.18. The molecule has 0 unspecified atom stereocenters. The van der Waals surface area contributed by atoms with Crippen LogP contribution in [0, 0.1) is 0 Å². The summed E-state index contributed by atoms with van der Waals surface area (Å²) in [5.74, 6) is 0.467. The fourth-order valence-electron chi connectivity index (χ4n) is 4.16. The number of carbonyl (C=O) groups excluding carboxylic acids is 2. The molecule has 0 spiro atoms. The number of thiazole rings is 1. The number of amidine groups is 1. The molecule has 2 aromatic carbocycles. The number of aromatic nitrogens is 1. The highest BCUT2D eigenvalue weighted by molar-refractivity contribution is 8.01. The van der Waals surface area contributed by atoms with Crippen molar-refractivity contribution >= 4 is 58.1 Å². The van der Waals surface area contributed by atoms with E-state index in [4.69, 9.17) is 30.8 Å². The Morgan fingerprint density at radius 3 is 2.67 bits per heavy atom. The summed E-state index contributed by atoms with van der Waals surface area (Å²) in [7, 11) is 4.52. The molecule has 2 heterocycles. The zero-order valence-electron chi connectivity index (χ0n) is 22.0. The number of nitrogens with one attached hydrogen (secondary N) is 2. The Balaban J connectivity index is 1.75. The first kappa shape index (κ1) is 29.6. The molecule has 2 atom stereocenters. The zero-order valence-corrected chi connectivity index (χ0v) is 24.4. The van der Waals surface area contributed by atoms with Crippen LogP contribution >= 0.6 is 34.7 Å². The largest absolute Gasteiger partial charge is 0.493 e.